The molecule has 2 aliphatic rings. The molecule has 4 aromatic rings. The Labute approximate surface area is 396 Å². The Morgan fingerprint density at radius 2 is 0.818 bits per heavy atom. The number of hydrogen-bond donors (Lipinski definition) is 6. The minimum absolute atomic E-state index is 0.0897. The van der Waals surface area contributed by atoms with Crippen LogP contribution in [0.3, 0.4) is 0 Å². The molecule has 4 aromatic carbocycles. The lowest BCUT2D eigenvalue weighted by Gasteiger charge is -2.29. The maximum atomic E-state index is 14.1. The molecular weight excluding hydrogens is 873 g/mol. The summed E-state index contributed by atoms with van der Waals surface area (Å²) in [6.07, 6.45) is 0.179. The van der Waals surface area contributed by atoms with E-state index < -0.39 is 44.4 Å². The van der Waals surface area contributed by atoms with Crippen molar-refractivity contribution in [2.45, 2.75) is 98.0 Å². The quantitative estimate of drug-likeness (QED) is 0.0762. The summed E-state index contributed by atoms with van der Waals surface area (Å²) in [5.41, 5.74) is 3.50. The highest BCUT2D eigenvalue weighted by molar-refractivity contribution is 8.01. The highest BCUT2D eigenvalue weighted by Gasteiger charge is 2.51. The van der Waals surface area contributed by atoms with E-state index in [1.165, 1.54) is 23.5 Å². The Morgan fingerprint density at radius 3 is 1.14 bits per heavy atom. The van der Waals surface area contributed by atoms with E-state index in [0.29, 0.717) is 13.1 Å². The molecular formula is C50H62N8O6S2. The van der Waals surface area contributed by atoms with E-state index in [1.54, 1.807) is 23.9 Å². The van der Waals surface area contributed by atoms with E-state index >= 15 is 0 Å². The van der Waals surface area contributed by atoms with Gasteiger partial charge in [0, 0.05) is 49.8 Å². The van der Waals surface area contributed by atoms with E-state index in [9.17, 15) is 28.8 Å². The van der Waals surface area contributed by atoms with Crippen molar-refractivity contribution in [2.24, 2.45) is 0 Å². The molecule has 0 radical (unpaired) electrons. The van der Waals surface area contributed by atoms with Crippen molar-refractivity contribution in [1.82, 2.24) is 41.7 Å². The van der Waals surface area contributed by atoms with Crippen molar-refractivity contribution >= 4 is 59.0 Å². The first-order valence-electron chi connectivity index (χ1n) is 22.2. The van der Waals surface area contributed by atoms with Gasteiger partial charge in [0.05, 0.1) is 23.6 Å². The summed E-state index contributed by atoms with van der Waals surface area (Å²) in [5.74, 6) is -1.84. The fourth-order valence-corrected chi connectivity index (χ4v) is 11.1. The Bertz CT molecular complexity index is 2130. The van der Waals surface area contributed by atoms with Crippen LogP contribution in [0.15, 0.2) is 121 Å². The summed E-state index contributed by atoms with van der Waals surface area (Å²) in [6, 6.07) is 34.4. The zero-order valence-electron chi connectivity index (χ0n) is 38.4. The second kappa shape index (κ2) is 22.7. The summed E-state index contributed by atoms with van der Waals surface area (Å²) in [5, 5.41) is 17.3. The molecule has 14 nitrogen and oxygen atoms in total. The number of amides is 6. The molecule has 0 saturated carbocycles. The molecule has 66 heavy (non-hydrogen) atoms. The SMILES string of the molecule is CN(Cc1ccccc1)C(=O)[C@@H](NC(=O)Cc1ccccc1)[C@@H]1N[C@@H](C(=O)NCCNC(=O)[C@@H]2N[C@@H]([C@H](NC(=O)Cc3ccccc3)C(=O)N(C)Cc3ccccc3)SC2(C)C)C(C)(C)S1. The molecule has 0 unspecified atom stereocenters. The number of thioether (sulfide) groups is 2. The van der Waals surface area contributed by atoms with Crippen LogP contribution in [0.2, 0.25) is 0 Å². The largest absolute Gasteiger partial charge is 0.353 e. The molecule has 6 N–H and O–H groups in total. The minimum Gasteiger partial charge on any atom is -0.353 e. The van der Waals surface area contributed by atoms with Crippen LogP contribution in [-0.2, 0) is 54.7 Å². The van der Waals surface area contributed by atoms with Gasteiger partial charge in [0.15, 0.2) is 0 Å². The number of rotatable bonds is 19. The van der Waals surface area contributed by atoms with Gasteiger partial charge < -0.3 is 31.1 Å². The highest BCUT2D eigenvalue weighted by atomic mass is 32.2. The van der Waals surface area contributed by atoms with Crippen LogP contribution in [0, 0.1) is 0 Å². The highest BCUT2D eigenvalue weighted by Crippen LogP contribution is 2.41. The fraction of sp³-hybridized carbons (Fsp3) is 0.400. The molecule has 0 spiro atoms. The number of nitrogens with zero attached hydrogens (tertiary/aromatic N) is 2. The average molecular weight is 935 g/mol. The van der Waals surface area contributed by atoms with Crippen LogP contribution in [0.5, 0.6) is 0 Å². The summed E-state index contributed by atoms with van der Waals surface area (Å²) in [6.45, 7) is 8.59. The van der Waals surface area contributed by atoms with Crippen molar-refractivity contribution < 1.29 is 28.8 Å². The number of carbonyl (C=O) groups excluding carboxylic acids is 6. The zero-order valence-corrected chi connectivity index (χ0v) is 40.0. The summed E-state index contributed by atoms with van der Waals surface area (Å²) in [4.78, 5) is 85.9. The monoisotopic (exact) mass is 934 g/mol. The van der Waals surface area contributed by atoms with Crippen molar-refractivity contribution in [2.75, 3.05) is 27.2 Å². The Hall–Kier alpha value is -5.68. The van der Waals surface area contributed by atoms with Crippen molar-refractivity contribution in [3.8, 4) is 0 Å². The van der Waals surface area contributed by atoms with Gasteiger partial charge in [-0.15, -0.1) is 23.5 Å². The molecule has 16 heteroatoms. The maximum absolute atomic E-state index is 14.1. The van der Waals surface area contributed by atoms with Crippen LogP contribution in [-0.4, -0.2) is 117 Å². The third-order valence-corrected chi connectivity index (χ3v) is 14.6. The smallest absolute Gasteiger partial charge is 0.247 e. The van der Waals surface area contributed by atoms with Gasteiger partial charge in [-0.05, 0) is 49.9 Å². The lowest BCUT2D eigenvalue weighted by molar-refractivity contribution is -0.136. The molecule has 2 fully saturated rings. The first-order chi connectivity index (χ1) is 31.5. The second-order valence-corrected chi connectivity index (χ2v) is 21.4. The molecule has 0 aromatic heterocycles. The number of carbonyl (C=O) groups is 6. The fourth-order valence-electron chi connectivity index (χ4n) is 8.17. The molecule has 0 aliphatic carbocycles. The minimum atomic E-state index is -0.975. The van der Waals surface area contributed by atoms with Crippen LogP contribution in [0.4, 0.5) is 0 Å². The van der Waals surface area contributed by atoms with Crippen molar-refractivity contribution in [1.29, 1.82) is 0 Å². The van der Waals surface area contributed by atoms with Crippen LogP contribution in [0.1, 0.15) is 49.9 Å². The predicted octanol–water partition coefficient (Wildman–Crippen LogP) is 3.61. The topological polar surface area (TPSA) is 181 Å². The van der Waals surface area contributed by atoms with E-state index in [0.717, 1.165) is 22.3 Å². The van der Waals surface area contributed by atoms with Gasteiger partial charge in [0.2, 0.25) is 35.4 Å². The normalized spacial score (nSPS) is 20.3. The van der Waals surface area contributed by atoms with Crippen LogP contribution >= 0.6 is 23.5 Å². The van der Waals surface area contributed by atoms with Gasteiger partial charge in [0.1, 0.15) is 24.2 Å². The summed E-state index contributed by atoms with van der Waals surface area (Å²) in [7, 11) is 3.40. The van der Waals surface area contributed by atoms with Crippen molar-refractivity contribution in [3.05, 3.63) is 144 Å². The average Bonchev–Trinajstić information content (AvgIpc) is 3.80. The van der Waals surface area contributed by atoms with E-state index in [1.807, 2.05) is 149 Å². The maximum Gasteiger partial charge on any atom is 0.247 e. The van der Waals surface area contributed by atoms with E-state index in [-0.39, 0.29) is 61.4 Å². The molecule has 6 amide bonds. The number of benzene rings is 4. The summed E-state index contributed by atoms with van der Waals surface area (Å²) < 4.78 is -1.36. The standard InChI is InChI=1S/C50H62N8O6S2/c1-49(2)41(55-45(65-49)39(53-37(59)29-33-19-11-7-12-20-33)47(63)57(5)31-35-23-15-9-16-24-35)43(61)51-27-28-52-44(62)42-50(3,4)66-46(56-42)40(54-38(60)30-34-21-13-8-14-22-34)48(64)58(6)32-36-25-17-10-18-26-36/h7-26,39-42,45-46,55-56H,27-32H2,1-6H3,(H,51,61)(H,52,62)(H,53,59)(H,54,60)/t39-,40-,41-,42-,45+,46+/m0/s1. The Kier molecular flexibility index (Phi) is 17.1. The third kappa shape index (κ3) is 13.5. The summed E-state index contributed by atoms with van der Waals surface area (Å²) >= 11 is 2.83. The first kappa shape index (κ1) is 49.7. The van der Waals surface area contributed by atoms with Gasteiger partial charge in [-0.2, -0.15) is 0 Å². The molecule has 2 heterocycles. The Morgan fingerprint density at radius 1 is 0.515 bits per heavy atom. The predicted molar refractivity (Wildman–Crippen MR) is 261 cm³/mol. The zero-order chi connectivity index (χ0) is 47.4. The van der Waals surface area contributed by atoms with Gasteiger partial charge in [-0.1, -0.05) is 121 Å². The van der Waals surface area contributed by atoms with Gasteiger partial charge in [0.25, 0.3) is 0 Å². The third-order valence-electron chi connectivity index (χ3n) is 11.6. The van der Waals surface area contributed by atoms with Gasteiger partial charge in [-0.25, -0.2) is 0 Å². The Balaban J connectivity index is 1.06. The molecule has 2 aliphatic heterocycles. The molecule has 0 bridgehead atoms. The van der Waals surface area contributed by atoms with E-state index in [2.05, 4.69) is 31.9 Å². The van der Waals surface area contributed by atoms with E-state index in [4.69, 9.17) is 0 Å². The lowest BCUT2D eigenvalue weighted by Crippen LogP contribution is -2.59. The van der Waals surface area contributed by atoms with Gasteiger partial charge in [-0.3, -0.25) is 39.4 Å². The first-order valence-corrected chi connectivity index (χ1v) is 23.9. The number of likely N-dealkylation sites (N-methyl/N-ethyl adjacent to an activating group) is 2. The van der Waals surface area contributed by atoms with Crippen LogP contribution in [0.25, 0.3) is 0 Å². The second-order valence-electron chi connectivity index (χ2n) is 17.8. The molecule has 6 rings (SSSR count). The number of hydrogen-bond acceptors (Lipinski definition) is 10. The number of nitrogens with one attached hydrogen (secondary N) is 6. The van der Waals surface area contributed by atoms with Gasteiger partial charge >= 0.3 is 0 Å². The molecule has 350 valence electrons. The van der Waals surface area contributed by atoms with Crippen molar-refractivity contribution in [3.63, 3.8) is 0 Å². The molecule has 2 saturated heterocycles. The van der Waals surface area contributed by atoms with Crippen LogP contribution < -0.4 is 31.9 Å². The molecule has 6 atom stereocenters. The lowest BCUT2D eigenvalue weighted by atomic mass is 10.0.